The summed E-state index contributed by atoms with van der Waals surface area (Å²) >= 11 is 0. The van der Waals surface area contributed by atoms with E-state index in [-0.39, 0.29) is 28.9 Å². The molecule has 0 fully saturated rings. The lowest BCUT2D eigenvalue weighted by Crippen LogP contribution is -2.34. The van der Waals surface area contributed by atoms with Crippen LogP contribution >= 0.6 is 0 Å². The van der Waals surface area contributed by atoms with Gasteiger partial charge in [-0.15, -0.1) is 0 Å². The fourth-order valence-electron chi connectivity index (χ4n) is 4.07. The molecule has 5 heteroatoms. The number of nitrogens with one attached hydrogen (secondary N) is 1. The molecule has 0 saturated heterocycles. The Morgan fingerprint density at radius 3 is 2.38 bits per heavy atom. The summed E-state index contributed by atoms with van der Waals surface area (Å²) < 4.78 is 5.26. The first-order valence-corrected chi connectivity index (χ1v) is 10.8. The average Bonchev–Trinajstić information content (AvgIpc) is 2.83. The van der Waals surface area contributed by atoms with Gasteiger partial charge in [0.15, 0.2) is 12.4 Å². The van der Waals surface area contributed by atoms with Crippen LogP contribution < -0.4 is 5.32 Å². The SMILES string of the molecule is Cc1ccc(C(=O)c2ccccc2C(=O)OCC(=O)NC2CCCc3ccccc32)cc1. The fraction of sp³-hybridized carbons (Fsp3) is 0.222. The fourth-order valence-corrected chi connectivity index (χ4v) is 4.07. The van der Waals surface area contributed by atoms with Gasteiger partial charge >= 0.3 is 5.97 Å². The van der Waals surface area contributed by atoms with Crippen LogP contribution in [0.5, 0.6) is 0 Å². The molecule has 0 spiro atoms. The van der Waals surface area contributed by atoms with Crippen molar-refractivity contribution in [3.63, 3.8) is 0 Å². The van der Waals surface area contributed by atoms with Gasteiger partial charge in [0.05, 0.1) is 11.6 Å². The molecule has 0 aromatic heterocycles. The predicted octanol–water partition coefficient (Wildman–Crippen LogP) is 4.58. The minimum absolute atomic E-state index is 0.0819. The zero-order chi connectivity index (χ0) is 22.5. The van der Waals surface area contributed by atoms with E-state index >= 15 is 0 Å². The smallest absolute Gasteiger partial charge is 0.339 e. The van der Waals surface area contributed by atoms with Crippen LogP contribution in [-0.4, -0.2) is 24.3 Å². The van der Waals surface area contributed by atoms with Crippen LogP contribution in [-0.2, 0) is 16.0 Å². The predicted molar refractivity (Wildman–Crippen MR) is 122 cm³/mol. The molecule has 1 atom stereocenters. The molecule has 1 amide bonds. The van der Waals surface area contributed by atoms with Crippen molar-refractivity contribution in [1.82, 2.24) is 5.32 Å². The lowest BCUT2D eigenvalue weighted by Gasteiger charge is -2.26. The summed E-state index contributed by atoms with van der Waals surface area (Å²) in [7, 11) is 0. The maximum atomic E-state index is 12.9. The van der Waals surface area contributed by atoms with E-state index in [0.717, 1.165) is 30.4 Å². The molecule has 162 valence electrons. The summed E-state index contributed by atoms with van der Waals surface area (Å²) in [6, 6.07) is 21.7. The number of carbonyl (C=O) groups is 3. The number of benzene rings is 3. The van der Waals surface area contributed by atoms with Gasteiger partial charge in [0.25, 0.3) is 5.91 Å². The molecule has 3 aromatic rings. The van der Waals surface area contributed by atoms with Gasteiger partial charge in [0.1, 0.15) is 0 Å². The van der Waals surface area contributed by atoms with Crippen molar-refractivity contribution < 1.29 is 19.1 Å². The van der Waals surface area contributed by atoms with Gasteiger partial charge in [-0.2, -0.15) is 0 Å². The van der Waals surface area contributed by atoms with Gasteiger partial charge in [0.2, 0.25) is 0 Å². The van der Waals surface area contributed by atoms with Crippen molar-refractivity contribution in [3.8, 4) is 0 Å². The lowest BCUT2D eigenvalue weighted by molar-refractivity contribution is -0.125. The molecule has 0 heterocycles. The minimum Gasteiger partial charge on any atom is -0.452 e. The van der Waals surface area contributed by atoms with Crippen LogP contribution in [0.1, 0.15) is 61.9 Å². The molecule has 1 aliphatic rings. The van der Waals surface area contributed by atoms with Gasteiger partial charge in [-0.3, -0.25) is 9.59 Å². The summed E-state index contributed by atoms with van der Waals surface area (Å²) in [6.07, 6.45) is 2.85. The highest BCUT2D eigenvalue weighted by Crippen LogP contribution is 2.29. The van der Waals surface area contributed by atoms with Gasteiger partial charge in [-0.1, -0.05) is 72.3 Å². The highest BCUT2D eigenvalue weighted by Gasteiger charge is 2.23. The van der Waals surface area contributed by atoms with Crippen LogP contribution in [0.2, 0.25) is 0 Å². The summed E-state index contributed by atoms with van der Waals surface area (Å²) in [5.74, 6) is -1.32. The van der Waals surface area contributed by atoms with Gasteiger partial charge < -0.3 is 10.1 Å². The van der Waals surface area contributed by atoms with Crippen molar-refractivity contribution >= 4 is 17.7 Å². The van der Waals surface area contributed by atoms with Crippen molar-refractivity contribution in [2.24, 2.45) is 0 Å². The highest BCUT2D eigenvalue weighted by molar-refractivity contribution is 6.14. The van der Waals surface area contributed by atoms with E-state index in [4.69, 9.17) is 4.74 Å². The molecule has 0 bridgehead atoms. The molecular weight excluding hydrogens is 402 g/mol. The third-order valence-corrected chi connectivity index (χ3v) is 5.74. The second-order valence-corrected chi connectivity index (χ2v) is 8.03. The quantitative estimate of drug-likeness (QED) is 0.462. The lowest BCUT2D eigenvalue weighted by atomic mass is 9.88. The van der Waals surface area contributed by atoms with Crippen molar-refractivity contribution in [2.45, 2.75) is 32.2 Å². The monoisotopic (exact) mass is 427 g/mol. The molecular formula is C27H25NO4. The third-order valence-electron chi connectivity index (χ3n) is 5.74. The number of esters is 1. The maximum Gasteiger partial charge on any atom is 0.339 e. The number of ketones is 1. The first kappa shape index (κ1) is 21.5. The molecule has 1 aliphatic carbocycles. The average molecular weight is 428 g/mol. The summed E-state index contributed by atoms with van der Waals surface area (Å²) in [6.45, 7) is 1.54. The van der Waals surface area contributed by atoms with Crippen molar-refractivity contribution in [3.05, 3.63) is 106 Å². The van der Waals surface area contributed by atoms with E-state index in [2.05, 4.69) is 11.4 Å². The normalized spacial score (nSPS) is 14.8. The van der Waals surface area contributed by atoms with Crippen molar-refractivity contribution in [2.75, 3.05) is 6.61 Å². The van der Waals surface area contributed by atoms with E-state index < -0.39 is 12.6 Å². The number of hydrogen-bond acceptors (Lipinski definition) is 4. The topological polar surface area (TPSA) is 72.5 Å². The first-order valence-electron chi connectivity index (χ1n) is 10.8. The molecule has 0 radical (unpaired) electrons. The van der Waals surface area contributed by atoms with Crippen molar-refractivity contribution in [1.29, 1.82) is 0 Å². The van der Waals surface area contributed by atoms with Gasteiger partial charge in [-0.05, 0) is 43.4 Å². The van der Waals surface area contributed by atoms with E-state index in [1.807, 2.05) is 37.3 Å². The van der Waals surface area contributed by atoms with Crippen LogP contribution in [0.4, 0.5) is 0 Å². The van der Waals surface area contributed by atoms with E-state index in [9.17, 15) is 14.4 Å². The summed E-state index contributed by atoms with van der Waals surface area (Å²) in [4.78, 5) is 38.1. The van der Waals surface area contributed by atoms with Crippen LogP contribution in [0.3, 0.4) is 0 Å². The number of ether oxygens (including phenoxy) is 1. The summed E-state index contributed by atoms with van der Waals surface area (Å²) in [5, 5.41) is 2.97. The molecule has 0 aliphatic heterocycles. The number of rotatable bonds is 6. The minimum atomic E-state index is -0.694. The Kier molecular flexibility index (Phi) is 6.45. The Balaban J connectivity index is 1.41. The standard InChI is InChI=1S/C27H25NO4/c1-18-13-15-20(16-14-18)26(30)22-10-4-5-11-23(22)27(31)32-17-25(29)28-24-12-6-8-19-7-2-3-9-21(19)24/h2-5,7,9-11,13-16,24H,6,8,12,17H2,1H3,(H,28,29). The van der Waals surface area contributed by atoms with E-state index in [0.29, 0.717) is 5.56 Å². The Bertz CT molecular complexity index is 1150. The third kappa shape index (κ3) is 4.78. The first-order chi connectivity index (χ1) is 15.5. The molecule has 1 unspecified atom stereocenters. The highest BCUT2D eigenvalue weighted by atomic mass is 16.5. The molecule has 32 heavy (non-hydrogen) atoms. The maximum absolute atomic E-state index is 12.9. The second kappa shape index (κ2) is 9.60. The molecule has 1 N–H and O–H groups in total. The zero-order valence-electron chi connectivity index (χ0n) is 18.0. The van der Waals surface area contributed by atoms with Crippen LogP contribution in [0.15, 0.2) is 72.8 Å². The largest absolute Gasteiger partial charge is 0.452 e. The number of aryl methyl sites for hydroxylation is 2. The molecule has 4 rings (SSSR count). The van der Waals surface area contributed by atoms with Gasteiger partial charge in [-0.25, -0.2) is 4.79 Å². The van der Waals surface area contributed by atoms with E-state index in [1.165, 1.54) is 5.56 Å². The van der Waals surface area contributed by atoms with E-state index in [1.54, 1.807) is 36.4 Å². The van der Waals surface area contributed by atoms with Crippen LogP contribution in [0.25, 0.3) is 0 Å². The molecule has 5 nitrogen and oxygen atoms in total. The summed E-state index contributed by atoms with van der Waals surface area (Å²) in [5.41, 5.74) is 4.29. The second-order valence-electron chi connectivity index (χ2n) is 8.03. The van der Waals surface area contributed by atoms with Crippen LogP contribution in [0, 0.1) is 6.92 Å². The number of carbonyl (C=O) groups excluding carboxylic acids is 3. The van der Waals surface area contributed by atoms with Gasteiger partial charge in [0, 0.05) is 11.1 Å². The Morgan fingerprint density at radius 1 is 0.906 bits per heavy atom. The zero-order valence-corrected chi connectivity index (χ0v) is 18.0. The molecule has 3 aromatic carbocycles. The Morgan fingerprint density at radius 2 is 1.59 bits per heavy atom. The Hall–Kier alpha value is -3.73. The number of hydrogen-bond donors (Lipinski definition) is 1. The number of amides is 1. The molecule has 0 saturated carbocycles. The number of fused-ring (bicyclic) bond motifs is 1. The Labute approximate surface area is 187 Å².